The maximum absolute atomic E-state index is 12.5. The molecule has 9 heteroatoms. The van der Waals surface area contributed by atoms with Gasteiger partial charge in [-0.2, -0.15) is 13.2 Å². The van der Waals surface area contributed by atoms with Crippen LogP contribution < -0.4 is 5.32 Å². The number of hydrogen-bond acceptors (Lipinski definition) is 3. The van der Waals surface area contributed by atoms with Gasteiger partial charge in [0.1, 0.15) is 5.69 Å². The Labute approximate surface area is 130 Å². The molecule has 0 atom stereocenters. The Balaban J connectivity index is 1.82. The lowest BCUT2D eigenvalue weighted by Crippen LogP contribution is -2.13. The van der Waals surface area contributed by atoms with Crippen LogP contribution in [0.25, 0.3) is 10.9 Å². The lowest BCUT2D eigenvalue weighted by atomic mass is 10.2. The summed E-state index contributed by atoms with van der Waals surface area (Å²) in [6, 6.07) is 6.64. The summed E-state index contributed by atoms with van der Waals surface area (Å²) in [5, 5.41) is 4.34. The Morgan fingerprint density at radius 2 is 2.09 bits per heavy atom. The van der Waals surface area contributed by atoms with Gasteiger partial charge in [0.05, 0.1) is 0 Å². The van der Waals surface area contributed by atoms with Crippen LogP contribution >= 0.6 is 22.9 Å². The topological polar surface area (TPSA) is 57.8 Å². The zero-order valence-corrected chi connectivity index (χ0v) is 12.2. The van der Waals surface area contributed by atoms with Crippen LogP contribution in [-0.4, -0.2) is 15.9 Å². The van der Waals surface area contributed by atoms with E-state index in [0.717, 1.165) is 10.8 Å². The number of thiazole rings is 1. The Kier molecular flexibility index (Phi) is 3.57. The summed E-state index contributed by atoms with van der Waals surface area (Å²) in [6.07, 6.45) is -4.53. The van der Waals surface area contributed by atoms with Gasteiger partial charge in [-0.05, 0) is 18.2 Å². The molecule has 3 rings (SSSR count). The van der Waals surface area contributed by atoms with Crippen LogP contribution in [0.4, 0.5) is 18.3 Å². The number of hydrogen-bond donors (Lipinski definition) is 2. The first-order valence-electron chi connectivity index (χ1n) is 5.95. The van der Waals surface area contributed by atoms with Crippen molar-refractivity contribution in [2.75, 3.05) is 5.32 Å². The summed E-state index contributed by atoms with van der Waals surface area (Å²) in [5.74, 6) is -0.574. The summed E-state index contributed by atoms with van der Waals surface area (Å²) < 4.78 is 37.4. The van der Waals surface area contributed by atoms with Gasteiger partial charge in [0, 0.05) is 21.3 Å². The minimum atomic E-state index is -4.53. The van der Waals surface area contributed by atoms with E-state index in [9.17, 15) is 18.0 Å². The first kappa shape index (κ1) is 14.9. The Morgan fingerprint density at radius 1 is 1.32 bits per heavy atom. The number of aromatic nitrogens is 2. The van der Waals surface area contributed by atoms with Crippen molar-refractivity contribution in [3.05, 3.63) is 46.1 Å². The van der Waals surface area contributed by atoms with E-state index in [4.69, 9.17) is 11.6 Å². The zero-order valence-electron chi connectivity index (χ0n) is 10.7. The second-order valence-corrected chi connectivity index (χ2v) is 5.70. The van der Waals surface area contributed by atoms with Crippen molar-refractivity contribution in [2.24, 2.45) is 0 Å². The van der Waals surface area contributed by atoms with E-state index in [1.165, 1.54) is 0 Å². The predicted octanol–water partition coefficient (Wildman–Crippen LogP) is 4.55. The molecule has 0 unspecified atom stereocenters. The molecule has 1 aromatic carbocycles. The summed E-state index contributed by atoms with van der Waals surface area (Å²) >= 11 is 6.56. The van der Waals surface area contributed by atoms with Crippen molar-refractivity contribution < 1.29 is 18.0 Å². The maximum Gasteiger partial charge on any atom is 0.434 e. The Morgan fingerprint density at radius 3 is 2.77 bits per heavy atom. The van der Waals surface area contributed by atoms with Crippen molar-refractivity contribution >= 4 is 44.9 Å². The third-order valence-corrected chi connectivity index (χ3v) is 3.84. The first-order valence-corrected chi connectivity index (χ1v) is 7.21. The Hall–Kier alpha value is -2.06. The molecule has 0 radical (unpaired) electrons. The highest BCUT2D eigenvalue weighted by Crippen LogP contribution is 2.31. The molecule has 22 heavy (non-hydrogen) atoms. The molecule has 3 aromatic rings. The van der Waals surface area contributed by atoms with E-state index < -0.39 is 17.8 Å². The van der Waals surface area contributed by atoms with Crippen LogP contribution in [0.1, 0.15) is 16.2 Å². The number of H-pyrrole nitrogens is 1. The molecule has 0 spiro atoms. The number of amides is 1. The monoisotopic (exact) mass is 345 g/mol. The van der Waals surface area contributed by atoms with Crippen molar-refractivity contribution in [3.8, 4) is 0 Å². The minimum Gasteiger partial charge on any atom is -0.350 e. The van der Waals surface area contributed by atoms with Crippen molar-refractivity contribution in [2.45, 2.75) is 6.18 Å². The van der Waals surface area contributed by atoms with Gasteiger partial charge in [-0.1, -0.05) is 17.7 Å². The predicted molar refractivity (Wildman–Crippen MR) is 78.4 cm³/mol. The quantitative estimate of drug-likeness (QED) is 0.716. The third-order valence-electron chi connectivity index (χ3n) is 2.84. The number of fused-ring (bicyclic) bond motifs is 1. The molecule has 2 heterocycles. The number of carbonyl (C=O) groups is 1. The number of benzene rings is 1. The molecule has 0 aliphatic rings. The molecule has 2 aromatic heterocycles. The molecule has 0 aliphatic heterocycles. The van der Waals surface area contributed by atoms with Crippen molar-refractivity contribution in [1.29, 1.82) is 0 Å². The number of carbonyl (C=O) groups excluding carboxylic acids is 1. The number of nitrogens with one attached hydrogen (secondary N) is 2. The second kappa shape index (κ2) is 5.29. The Bertz CT molecular complexity index is 856. The largest absolute Gasteiger partial charge is 0.434 e. The van der Waals surface area contributed by atoms with Gasteiger partial charge in [0.25, 0.3) is 5.91 Å². The average molecular weight is 346 g/mol. The van der Waals surface area contributed by atoms with E-state index in [1.54, 1.807) is 24.3 Å². The summed E-state index contributed by atoms with van der Waals surface area (Å²) in [7, 11) is 0. The van der Waals surface area contributed by atoms with E-state index >= 15 is 0 Å². The van der Waals surface area contributed by atoms with Crippen LogP contribution in [0, 0.1) is 0 Å². The molecule has 0 saturated heterocycles. The molecule has 0 fully saturated rings. The molecule has 0 bridgehead atoms. The van der Waals surface area contributed by atoms with E-state index in [1.807, 2.05) is 0 Å². The van der Waals surface area contributed by atoms with Crippen molar-refractivity contribution in [3.63, 3.8) is 0 Å². The molecule has 0 aliphatic carbocycles. The van der Waals surface area contributed by atoms with Gasteiger partial charge < -0.3 is 4.98 Å². The van der Waals surface area contributed by atoms with Crippen LogP contribution in [0.5, 0.6) is 0 Å². The van der Waals surface area contributed by atoms with Gasteiger partial charge in [0.15, 0.2) is 10.8 Å². The molecule has 2 N–H and O–H groups in total. The molecule has 114 valence electrons. The molecular weight excluding hydrogens is 339 g/mol. The van der Waals surface area contributed by atoms with Crippen LogP contribution in [0.2, 0.25) is 5.02 Å². The average Bonchev–Trinajstić information content (AvgIpc) is 3.03. The standard InChI is InChI=1S/C13H7ClF3N3OS/c14-7-2-1-6-3-9(18-8(6)4-7)11(21)20-12-19-10(5-22-12)13(15,16)17/h1-5,18H,(H,19,20,21). The molecule has 1 amide bonds. The molecule has 0 saturated carbocycles. The maximum atomic E-state index is 12.5. The zero-order chi connectivity index (χ0) is 15.9. The number of nitrogens with zero attached hydrogens (tertiary/aromatic N) is 1. The first-order chi connectivity index (χ1) is 10.3. The van der Waals surface area contributed by atoms with Crippen LogP contribution in [-0.2, 0) is 6.18 Å². The van der Waals surface area contributed by atoms with E-state index in [-0.39, 0.29) is 10.8 Å². The van der Waals surface area contributed by atoms with E-state index in [0.29, 0.717) is 21.9 Å². The van der Waals surface area contributed by atoms with Crippen LogP contribution in [0.3, 0.4) is 0 Å². The van der Waals surface area contributed by atoms with Gasteiger partial charge in [0.2, 0.25) is 0 Å². The van der Waals surface area contributed by atoms with Gasteiger partial charge in [-0.15, -0.1) is 11.3 Å². The van der Waals surface area contributed by atoms with E-state index in [2.05, 4.69) is 15.3 Å². The number of alkyl halides is 3. The van der Waals surface area contributed by atoms with Crippen molar-refractivity contribution in [1.82, 2.24) is 9.97 Å². The number of halogens is 4. The van der Waals surface area contributed by atoms with Crippen LogP contribution in [0.15, 0.2) is 29.6 Å². The lowest BCUT2D eigenvalue weighted by molar-refractivity contribution is -0.140. The van der Waals surface area contributed by atoms with Gasteiger partial charge >= 0.3 is 6.18 Å². The third kappa shape index (κ3) is 2.93. The SMILES string of the molecule is O=C(Nc1nc(C(F)(F)F)cs1)c1cc2ccc(Cl)cc2[nH]1. The fraction of sp³-hybridized carbons (Fsp3) is 0.0769. The fourth-order valence-electron chi connectivity index (χ4n) is 1.85. The molecule has 4 nitrogen and oxygen atoms in total. The number of rotatable bonds is 2. The minimum absolute atomic E-state index is 0.117. The highest BCUT2D eigenvalue weighted by Gasteiger charge is 2.33. The summed E-state index contributed by atoms with van der Waals surface area (Å²) in [4.78, 5) is 18.2. The fourth-order valence-corrected chi connectivity index (χ4v) is 2.73. The number of aromatic amines is 1. The molecular formula is C13H7ClF3N3OS. The summed E-state index contributed by atoms with van der Waals surface area (Å²) in [5.41, 5.74) is -0.162. The highest BCUT2D eigenvalue weighted by atomic mass is 35.5. The highest BCUT2D eigenvalue weighted by molar-refractivity contribution is 7.14. The van der Waals surface area contributed by atoms with Gasteiger partial charge in [-0.25, -0.2) is 4.98 Å². The number of anilines is 1. The summed E-state index contributed by atoms with van der Waals surface area (Å²) in [6.45, 7) is 0. The lowest BCUT2D eigenvalue weighted by Gasteiger charge is -2.01. The van der Waals surface area contributed by atoms with Gasteiger partial charge in [-0.3, -0.25) is 10.1 Å². The normalized spacial score (nSPS) is 11.8. The second-order valence-electron chi connectivity index (χ2n) is 4.40. The smallest absolute Gasteiger partial charge is 0.350 e.